The molecule has 0 saturated carbocycles. The molecule has 1 fully saturated rings. The summed E-state index contributed by atoms with van der Waals surface area (Å²) in [4.78, 5) is 21.8. The van der Waals surface area contributed by atoms with Crippen molar-refractivity contribution in [3.8, 4) is 0 Å². The van der Waals surface area contributed by atoms with Crippen molar-refractivity contribution in [1.82, 2.24) is 5.32 Å². The summed E-state index contributed by atoms with van der Waals surface area (Å²) in [6.45, 7) is 2.17. The van der Waals surface area contributed by atoms with Crippen LogP contribution >= 0.6 is 0 Å². The minimum Gasteiger partial charge on any atom is -0.356 e. The van der Waals surface area contributed by atoms with Crippen molar-refractivity contribution in [1.29, 1.82) is 0 Å². The van der Waals surface area contributed by atoms with Crippen LogP contribution in [0, 0.1) is 5.92 Å². The molecule has 0 aromatic rings. The summed E-state index contributed by atoms with van der Waals surface area (Å²) in [5.74, 6) is -0.0645. The third-order valence-corrected chi connectivity index (χ3v) is 2.22. The monoisotopic (exact) mass is 170 g/mol. The van der Waals surface area contributed by atoms with E-state index in [9.17, 15) is 9.59 Å². The van der Waals surface area contributed by atoms with Crippen LogP contribution in [0.15, 0.2) is 0 Å². The molecule has 1 aliphatic heterocycles. The van der Waals surface area contributed by atoms with Gasteiger partial charge in [0.2, 0.25) is 5.91 Å². The average Bonchev–Trinajstić information content (AvgIpc) is 2.36. The van der Waals surface area contributed by atoms with Gasteiger partial charge in [-0.25, -0.2) is 0 Å². The standard InChI is InChI=1S/C8H14N2O2/c1-5(11)7(9)4-6-2-3-10-8(6)12/h6-7H,2-4,9H2,1H3,(H,10,12)/t6-,7-/m0/s1. The molecule has 0 aromatic heterocycles. The predicted octanol–water partition coefficient (Wildman–Crippen LogP) is -0.571. The van der Waals surface area contributed by atoms with Crippen LogP contribution in [0.2, 0.25) is 0 Å². The number of carbonyl (C=O) groups is 2. The van der Waals surface area contributed by atoms with Crippen LogP contribution in [0.1, 0.15) is 19.8 Å². The predicted molar refractivity (Wildman–Crippen MR) is 44.4 cm³/mol. The molecule has 68 valence electrons. The molecule has 4 heteroatoms. The Labute approximate surface area is 71.5 Å². The number of nitrogens with one attached hydrogen (secondary N) is 1. The number of Topliss-reactive ketones (excluding diaryl/α,β-unsaturated/α-hetero) is 1. The summed E-state index contributed by atoms with van der Waals surface area (Å²) in [5, 5.41) is 2.71. The summed E-state index contributed by atoms with van der Waals surface area (Å²) >= 11 is 0. The van der Waals surface area contributed by atoms with Crippen LogP contribution < -0.4 is 11.1 Å². The van der Waals surface area contributed by atoms with Crippen molar-refractivity contribution in [2.75, 3.05) is 6.54 Å². The lowest BCUT2D eigenvalue weighted by atomic mass is 9.97. The lowest BCUT2D eigenvalue weighted by molar-refractivity contribution is -0.123. The number of nitrogens with two attached hydrogens (primary N) is 1. The molecule has 2 atom stereocenters. The van der Waals surface area contributed by atoms with Crippen LogP contribution in [-0.4, -0.2) is 24.3 Å². The molecule has 0 radical (unpaired) electrons. The van der Waals surface area contributed by atoms with Gasteiger partial charge < -0.3 is 11.1 Å². The number of hydrogen-bond acceptors (Lipinski definition) is 3. The number of amides is 1. The van der Waals surface area contributed by atoms with Crippen molar-refractivity contribution in [3.05, 3.63) is 0 Å². The molecule has 0 spiro atoms. The summed E-state index contributed by atoms with van der Waals surface area (Å²) in [7, 11) is 0. The Morgan fingerprint density at radius 3 is 2.92 bits per heavy atom. The summed E-state index contributed by atoms with van der Waals surface area (Å²) in [5.41, 5.74) is 5.53. The average molecular weight is 170 g/mol. The van der Waals surface area contributed by atoms with Gasteiger partial charge in [-0.05, 0) is 19.8 Å². The lowest BCUT2D eigenvalue weighted by Crippen LogP contribution is -2.33. The molecule has 0 bridgehead atoms. The zero-order valence-corrected chi connectivity index (χ0v) is 7.17. The van der Waals surface area contributed by atoms with E-state index in [-0.39, 0.29) is 17.6 Å². The van der Waals surface area contributed by atoms with Crippen molar-refractivity contribution in [2.45, 2.75) is 25.8 Å². The van der Waals surface area contributed by atoms with E-state index in [1.54, 1.807) is 0 Å². The van der Waals surface area contributed by atoms with E-state index in [0.717, 1.165) is 6.42 Å². The van der Waals surface area contributed by atoms with Crippen molar-refractivity contribution in [3.63, 3.8) is 0 Å². The first-order valence-corrected chi connectivity index (χ1v) is 4.15. The van der Waals surface area contributed by atoms with Gasteiger partial charge in [0.05, 0.1) is 6.04 Å². The van der Waals surface area contributed by atoms with Gasteiger partial charge >= 0.3 is 0 Å². The molecular weight excluding hydrogens is 156 g/mol. The molecule has 1 amide bonds. The molecule has 0 aliphatic carbocycles. The lowest BCUT2D eigenvalue weighted by Gasteiger charge is -2.10. The normalized spacial score (nSPS) is 25.2. The van der Waals surface area contributed by atoms with Crippen LogP contribution in [0.5, 0.6) is 0 Å². The second-order valence-electron chi connectivity index (χ2n) is 3.23. The van der Waals surface area contributed by atoms with Crippen LogP contribution in [0.3, 0.4) is 0 Å². The van der Waals surface area contributed by atoms with Gasteiger partial charge in [-0.15, -0.1) is 0 Å². The Morgan fingerprint density at radius 2 is 2.50 bits per heavy atom. The highest BCUT2D eigenvalue weighted by Crippen LogP contribution is 2.15. The first kappa shape index (κ1) is 9.19. The van der Waals surface area contributed by atoms with E-state index < -0.39 is 6.04 Å². The van der Waals surface area contributed by atoms with Gasteiger partial charge in [0, 0.05) is 12.5 Å². The minimum atomic E-state index is -0.473. The van der Waals surface area contributed by atoms with Crippen LogP contribution in [0.25, 0.3) is 0 Å². The third-order valence-electron chi connectivity index (χ3n) is 2.22. The maximum Gasteiger partial charge on any atom is 0.223 e. The van der Waals surface area contributed by atoms with Gasteiger partial charge in [-0.2, -0.15) is 0 Å². The first-order chi connectivity index (χ1) is 5.61. The van der Waals surface area contributed by atoms with Crippen LogP contribution in [-0.2, 0) is 9.59 Å². The Kier molecular flexibility index (Phi) is 2.81. The molecule has 4 nitrogen and oxygen atoms in total. The SMILES string of the molecule is CC(=O)[C@@H](N)C[C@@H]1CCNC1=O. The molecule has 1 saturated heterocycles. The Balaban J connectivity index is 2.40. The zero-order chi connectivity index (χ0) is 9.14. The van der Waals surface area contributed by atoms with Gasteiger partial charge in [0.25, 0.3) is 0 Å². The number of carbonyl (C=O) groups excluding carboxylic acids is 2. The van der Waals surface area contributed by atoms with Gasteiger partial charge in [0.1, 0.15) is 5.78 Å². The molecule has 12 heavy (non-hydrogen) atoms. The van der Waals surface area contributed by atoms with Crippen LogP contribution in [0.4, 0.5) is 0 Å². The first-order valence-electron chi connectivity index (χ1n) is 4.15. The summed E-state index contributed by atoms with van der Waals surface area (Å²) in [6.07, 6.45) is 1.29. The highest BCUT2D eigenvalue weighted by molar-refractivity contribution is 5.84. The van der Waals surface area contributed by atoms with E-state index >= 15 is 0 Å². The number of hydrogen-bond donors (Lipinski definition) is 2. The molecule has 0 unspecified atom stereocenters. The summed E-state index contributed by atoms with van der Waals surface area (Å²) < 4.78 is 0. The maximum atomic E-state index is 11.1. The smallest absolute Gasteiger partial charge is 0.223 e. The minimum absolute atomic E-state index is 0.0340. The van der Waals surface area contributed by atoms with Crippen molar-refractivity contribution in [2.24, 2.45) is 11.7 Å². The molecule has 1 aliphatic rings. The van der Waals surface area contributed by atoms with Gasteiger partial charge in [0.15, 0.2) is 0 Å². The fourth-order valence-electron chi connectivity index (χ4n) is 1.34. The highest BCUT2D eigenvalue weighted by Gasteiger charge is 2.26. The molecule has 1 heterocycles. The quantitative estimate of drug-likeness (QED) is 0.595. The summed E-state index contributed by atoms with van der Waals surface area (Å²) in [6, 6.07) is -0.473. The maximum absolute atomic E-state index is 11.1. The van der Waals surface area contributed by atoms with E-state index in [1.165, 1.54) is 6.92 Å². The largest absolute Gasteiger partial charge is 0.356 e. The highest BCUT2D eigenvalue weighted by atomic mass is 16.2. The Hall–Kier alpha value is -0.900. The zero-order valence-electron chi connectivity index (χ0n) is 7.17. The number of rotatable bonds is 3. The van der Waals surface area contributed by atoms with Crippen molar-refractivity contribution >= 4 is 11.7 Å². The fraction of sp³-hybridized carbons (Fsp3) is 0.750. The van der Waals surface area contributed by atoms with Crippen molar-refractivity contribution < 1.29 is 9.59 Å². The molecule has 0 aromatic carbocycles. The fourth-order valence-corrected chi connectivity index (χ4v) is 1.34. The molecule has 3 N–H and O–H groups in total. The Morgan fingerprint density at radius 1 is 1.83 bits per heavy atom. The van der Waals surface area contributed by atoms with Gasteiger partial charge in [-0.3, -0.25) is 9.59 Å². The van der Waals surface area contributed by atoms with E-state index in [2.05, 4.69) is 5.32 Å². The third kappa shape index (κ3) is 2.04. The van der Waals surface area contributed by atoms with Gasteiger partial charge in [-0.1, -0.05) is 0 Å². The molecular formula is C8H14N2O2. The van der Waals surface area contributed by atoms with E-state index in [0.29, 0.717) is 13.0 Å². The van der Waals surface area contributed by atoms with E-state index in [1.807, 2.05) is 0 Å². The second-order valence-corrected chi connectivity index (χ2v) is 3.23. The Bertz CT molecular complexity index is 203. The topological polar surface area (TPSA) is 72.2 Å². The van der Waals surface area contributed by atoms with E-state index in [4.69, 9.17) is 5.73 Å². The second kappa shape index (κ2) is 3.67. The number of ketones is 1. The molecule has 1 rings (SSSR count).